The Balaban J connectivity index is 2.13. The van der Waals surface area contributed by atoms with Crippen LogP contribution in [0.25, 0.3) is 0 Å². The molecule has 2 aromatic rings. The van der Waals surface area contributed by atoms with Crippen molar-refractivity contribution in [3.63, 3.8) is 0 Å². The normalized spacial score (nSPS) is 12.1. The first kappa shape index (κ1) is 20.5. The van der Waals surface area contributed by atoms with Gasteiger partial charge in [0.1, 0.15) is 6.04 Å². The summed E-state index contributed by atoms with van der Waals surface area (Å²) < 4.78 is 43.3. The highest BCUT2D eigenvalue weighted by Gasteiger charge is 2.31. The maximum atomic E-state index is 12.9. The number of alkyl halides is 3. The number of benzene rings is 2. The maximum Gasteiger partial charge on any atom is 0.416 e. The number of methoxy groups -OCH3 is 1. The van der Waals surface area contributed by atoms with E-state index in [-0.39, 0.29) is 11.5 Å². The topological polar surface area (TPSA) is 76.4 Å². The fourth-order valence-electron chi connectivity index (χ4n) is 2.37. The molecular weight excluding hydrogens is 379 g/mol. The van der Waals surface area contributed by atoms with Crippen molar-refractivity contribution in [1.29, 1.82) is 0 Å². The van der Waals surface area contributed by atoms with Gasteiger partial charge < -0.3 is 21.1 Å². The molecule has 0 spiro atoms. The number of hydrogen-bond acceptors (Lipinski definition) is 4. The predicted molar refractivity (Wildman–Crippen MR) is 101 cm³/mol. The van der Waals surface area contributed by atoms with Crippen LogP contribution < -0.4 is 16.4 Å². The van der Waals surface area contributed by atoms with Crippen molar-refractivity contribution in [2.45, 2.75) is 18.6 Å². The highest BCUT2D eigenvalue weighted by Crippen LogP contribution is 2.29. The van der Waals surface area contributed by atoms with Gasteiger partial charge in [-0.25, -0.2) is 4.79 Å². The van der Waals surface area contributed by atoms with Crippen molar-refractivity contribution in [2.75, 3.05) is 18.2 Å². The van der Waals surface area contributed by atoms with E-state index >= 15 is 0 Å². The number of thiocarbonyl (C=S) groups is 1. The van der Waals surface area contributed by atoms with Gasteiger partial charge in [-0.1, -0.05) is 30.3 Å². The highest BCUT2D eigenvalue weighted by molar-refractivity contribution is 7.80. The van der Waals surface area contributed by atoms with E-state index in [1.165, 1.54) is 19.2 Å². The smallest absolute Gasteiger partial charge is 0.416 e. The fourth-order valence-corrected chi connectivity index (χ4v) is 2.63. The Morgan fingerprint density at radius 2 is 1.93 bits per heavy atom. The molecule has 1 unspecified atom stereocenters. The first-order chi connectivity index (χ1) is 12.7. The number of nitrogens with one attached hydrogen (secondary N) is 2. The number of para-hydroxylation sites is 2. The quantitative estimate of drug-likeness (QED) is 0.408. The van der Waals surface area contributed by atoms with Crippen molar-refractivity contribution in [2.24, 2.45) is 0 Å². The van der Waals surface area contributed by atoms with Gasteiger partial charge in [0, 0.05) is 6.42 Å². The second kappa shape index (κ2) is 8.72. The molecule has 2 rings (SSSR count). The molecule has 0 saturated carbocycles. The summed E-state index contributed by atoms with van der Waals surface area (Å²) in [6, 6.07) is 10.6. The molecule has 27 heavy (non-hydrogen) atoms. The zero-order chi connectivity index (χ0) is 20.0. The third-order valence-corrected chi connectivity index (χ3v) is 3.91. The number of carbonyl (C=O) groups excluding carboxylic acids is 1. The van der Waals surface area contributed by atoms with E-state index in [4.69, 9.17) is 22.7 Å². The Labute approximate surface area is 159 Å². The van der Waals surface area contributed by atoms with Gasteiger partial charge in [0.05, 0.1) is 24.0 Å². The number of carbonyl (C=O) groups is 1. The van der Waals surface area contributed by atoms with Crippen LogP contribution in [0.5, 0.6) is 0 Å². The molecule has 0 saturated heterocycles. The lowest BCUT2D eigenvalue weighted by atomic mass is 10.0. The summed E-state index contributed by atoms with van der Waals surface area (Å²) in [4.78, 5) is 12.0. The van der Waals surface area contributed by atoms with Gasteiger partial charge in [0.25, 0.3) is 0 Å². The second-order valence-electron chi connectivity index (χ2n) is 5.66. The summed E-state index contributed by atoms with van der Waals surface area (Å²) in [5.41, 5.74) is 6.34. The molecule has 1 atom stereocenters. The minimum atomic E-state index is -4.47. The van der Waals surface area contributed by atoms with Crippen LogP contribution >= 0.6 is 12.2 Å². The number of rotatable bonds is 5. The standard InChI is InChI=1S/C18H18F3N3O2S/c1-26-16(25)15(10-11-5-4-6-12(9-11)18(19,20)21)24-17(27)23-14-8-3-2-7-13(14)22/h2-9,15H,10,22H2,1H3,(H2,23,24,27). The van der Waals surface area contributed by atoms with Crippen LogP contribution in [0.15, 0.2) is 48.5 Å². The van der Waals surface area contributed by atoms with E-state index in [2.05, 4.69) is 10.6 Å². The summed E-state index contributed by atoms with van der Waals surface area (Å²) in [6.07, 6.45) is -4.51. The van der Waals surface area contributed by atoms with Gasteiger partial charge >= 0.3 is 12.1 Å². The third-order valence-electron chi connectivity index (χ3n) is 3.69. The maximum absolute atomic E-state index is 12.9. The van der Waals surface area contributed by atoms with E-state index < -0.39 is 23.8 Å². The molecule has 0 amide bonds. The summed E-state index contributed by atoms with van der Waals surface area (Å²) in [7, 11) is 1.19. The predicted octanol–water partition coefficient (Wildman–Crippen LogP) is 3.36. The molecule has 2 aromatic carbocycles. The average molecular weight is 397 g/mol. The number of nitrogen functional groups attached to an aromatic ring is 1. The van der Waals surface area contributed by atoms with Gasteiger partial charge in [-0.15, -0.1) is 0 Å². The SMILES string of the molecule is COC(=O)C(Cc1cccc(C(F)(F)F)c1)NC(=S)Nc1ccccc1N. The van der Waals surface area contributed by atoms with E-state index in [1.54, 1.807) is 24.3 Å². The van der Waals surface area contributed by atoms with Gasteiger partial charge in [-0.2, -0.15) is 13.2 Å². The number of hydrogen-bond donors (Lipinski definition) is 3. The van der Waals surface area contributed by atoms with Crippen molar-refractivity contribution in [3.8, 4) is 0 Å². The largest absolute Gasteiger partial charge is 0.467 e. The van der Waals surface area contributed by atoms with Crippen LogP contribution in [-0.2, 0) is 22.1 Å². The molecular formula is C18H18F3N3O2S. The summed E-state index contributed by atoms with van der Waals surface area (Å²) in [6.45, 7) is 0. The van der Waals surface area contributed by atoms with Crippen LogP contribution in [0.2, 0.25) is 0 Å². The van der Waals surface area contributed by atoms with E-state index in [0.29, 0.717) is 16.9 Å². The second-order valence-corrected chi connectivity index (χ2v) is 6.07. The molecule has 0 radical (unpaired) electrons. The molecule has 144 valence electrons. The average Bonchev–Trinajstić information content (AvgIpc) is 2.62. The van der Waals surface area contributed by atoms with Crippen LogP contribution in [-0.4, -0.2) is 24.2 Å². The summed E-state index contributed by atoms with van der Waals surface area (Å²) in [5, 5.41) is 5.70. The molecule has 0 heterocycles. The van der Waals surface area contributed by atoms with Gasteiger partial charge in [-0.3, -0.25) is 0 Å². The van der Waals surface area contributed by atoms with E-state index in [9.17, 15) is 18.0 Å². The molecule has 0 aliphatic heterocycles. The lowest BCUT2D eigenvalue weighted by Gasteiger charge is -2.20. The van der Waals surface area contributed by atoms with Crippen LogP contribution in [0, 0.1) is 0 Å². The lowest BCUT2D eigenvalue weighted by molar-refractivity contribution is -0.142. The molecule has 9 heteroatoms. The number of halogens is 3. The van der Waals surface area contributed by atoms with Crippen molar-refractivity contribution >= 4 is 34.7 Å². The van der Waals surface area contributed by atoms with Crippen LogP contribution in [0.4, 0.5) is 24.5 Å². The Morgan fingerprint density at radius 3 is 2.56 bits per heavy atom. The van der Waals surface area contributed by atoms with Gasteiger partial charge in [-0.05, 0) is 36.0 Å². The molecule has 0 aromatic heterocycles. The van der Waals surface area contributed by atoms with Crippen LogP contribution in [0.1, 0.15) is 11.1 Å². The number of anilines is 2. The molecule has 5 nitrogen and oxygen atoms in total. The first-order valence-electron chi connectivity index (χ1n) is 7.86. The minimum Gasteiger partial charge on any atom is -0.467 e. The Bertz CT molecular complexity index is 827. The van der Waals surface area contributed by atoms with Crippen molar-refractivity contribution < 1.29 is 22.7 Å². The monoisotopic (exact) mass is 397 g/mol. The zero-order valence-corrected chi connectivity index (χ0v) is 15.2. The Kier molecular flexibility index (Phi) is 6.62. The zero-order valence-electron chi connectivity index (χ0n) is 14.3. The summed E-state index contributed by atoms with van der Waals surface area (Å²) >= 11 is 5.17. The van der Waals surface area contributed by atoms with Crippen molar-refractivity contribution in [3.05, 3.63) is 59.7 Å². The lowest BCUT2D eigenvalue weighted by Crippen LogP contribution is -2.45. The number of esters is 1. The molecule has 0 aliphatic rings. The Hall–Kier alpha value is -2.81. The highest BCUT2D eigenvalue weighted by atomic mass is 32.1. The third kappa shape index (κ3) is 5.85. The Morgan fingerprint density at radius 1 is 1.22 bits per heavy atom. The molecule has 0 aliphatic carbocycles. The van der Waals surface area contributed by atoms with Crippen molar-refractivity contribution in [1.82, 2.24) is 5.32 Å². The summed E-state index contributed by atoms with van der Waals surface area (Å²) in [5.74, 6) is -0.655. The van der Waals surface area contributed by atoms with Gasteiger partial charge in [0.15, 0.2) is 5.11 Å². The fraction of sp³-hybridized carbons (Fsp3) is 0.222. The first-order valence-corrected chi connectivity index (χ1v) is 8.27. The van der Waals surface area contributed by atoms with E-state index in [0.717, 1.165) is 12.1 Å². The number of nitrogens with two attached hydrogens (primary N) is 1. The number of ether oxygens (including phenoxy) is 1. The molecule has 4 N–H and O–H groups in total. The molecule has 0 bridgehead atoms. The van der Waals surface area contributed by atoms with Gasteiger partial charge in [0.2, 0.25) is 0 Å². The van der Waals surface area contributed by atoms with E-state index in [1.807, 2.05) is 0 Å². The molecule has 0 fully saturated rings. The van der Waals surface area contributed by atoms with Crippen LogP contribution in [0.3, 0.4) is 0 Å². The minimum absolute atomic E-state index is 0.0390.